The molecule has 3 heteroatoms. The lowest BCUT2D eigenvalue weighted by molar-refractivity contribution is 0.593. The zero-order valence-electron chi connectivity index (χ0n) is 10.5. The Morgan fingerprint density at radius 2 is 2.00 bits per heavy atom. The number of halogens is 2. The van der Waals surface area contributed by atoms with Crippen LogP contribution in [0.3, 0.4) is 0 Å². The number of unbranched alkanes of at least 4 members (excludes halogenated alkanes) is 4. The van der Waals surface area contributed by atoms with E-state index >= 15 is 0 Å². The van der Waals surface area contributed by atoms with Gasteiger partial charge < -0.3 is 0 Å². The predicted molar refractivity (Wildman–Crippen MR) is 76.0 cm³/mol. The average molecular weight is 274 g/mol. The van der Waals surface area contributed by atoms with E-state index in [1.807, 2.05) is 6.07 Å². The zero-order valence-corrected chi connectivity index (χ0v) is 12.0. The van der Waals surface area contributed by atoms with Crippen molar-refractivity contribution in [3.05, 3.63) is 29.0 Å². The van der Waals surface area contributed by atoms with E-state index in [1.165, 1.54) is 32.1 Å². The van der Waals surface area contributed by atoms with Crippen LogP contribution in [0, 0.1) is 0 Å². The van der Waals surface area contributed by atoms with E-state index in [1.54, 1.807) is 12.4 Å². The molecule has 0 amide bonds. The van der Waals surface area contributed by atoms with Crippen molar-refractivity contribution in [3.8, 4) is 0 Å². The van der Waals surface area contributed by atoms with Gasteiger partial charge in [-0.1, -0.05) is 50.6 Å². The quantitative estimate of drug-likeness (QED) is 0.466. The van der Waals surface area contributed by atoms with E-state index in [4.69, 9.17) is 23.2 Å². The van der Waals surface area contributed by atoms with Gasteiger partial charge in [0.05, 0.1) is 5.02 Å². The molecule has 0 saturated heterocycles. The molecular formula is C14H21Cl2N. The Bertz CT molecular complexity index is 315. The maximum absolute atomic E-state index is 6.32. The highest BCUT2D eigenvalue weighted by Gasteiger charge is 2.08. The number of hydrogen-bond acceptors (Lipinski definition) is 1. The molecule has 1 nitrogen and oxygen atoms in total. The third-order valence-electron chi connectivity index (χ3n) is 2.92. The van der Waals surface area contributed by atoms with Crippen molar-refractivity contribution in [2.45, 2.75) is 57.2 Å². The maximum atomic E-state index is 6.32. The summed E-state index contributed by atoms with van der Waals surface area (Å²) < 4.78 is 0. The Morgan fingerprint density at radius 1 is 1.24 bits per heavy atom. The van der Waals surface area contributed by atoms with Crippen LogP contribution < -0.4 is 0 Å². The van der Waals surface area contributed by atoms with Crippen LogP contribution in [0.4, 0.5) is 0 Å². The lowest BCUT2D eigenvalue weighted by Crippen LogP contribution is -2.04. The molecule has 0 aliphatic carbocycles. The smallest absolute Gasteiger partial charge is 0.0621 e. The van der Waals surface area contributed by atoms with Crippen LogP contribution in [0.25, 0.3) is 0 Å². The molecule has 1 unspecified atom stereocenters. The molecule has 1 heterocycles. The van der Waals surface area contributed by atoms with Crippen LogP contribution in [-0.2, 0) is 6.42 Å². The molecule has 1 rings (SSSR count). The van der Waals surface area contributed by atoms with Gasteiger partial charge in [-0.2, -0.15) is 0 Å². The summed E-state index contributed by atoms with van der Waals surface area (Å²) >= 11 is 12.4. The highest BCUT2D eigenvalue weighted by Crippen LogP contribution is 2.20. The van der Waals surface area contributed by atoms with Crippen LogP contribution in [0.2, 0.25) is 5.02 Å². The van der Waals surface area contributed by atoms with Gasteiger partial charge in [-0.3, -0.25) is 4.98 Å². The molecule has 0 aliphatic rings. The molecular weight excluding hydrogens is 253 g/mol. The summed E-state index contributed by atoms with van der Waals surface area (Å²) in [4.78, 5) is 3.97. The van der Waals surface area contributed by atoms with Gasteiger partial charge in [0.25, 0.3) is 0 Å². The Balaban J connectivity index is 2.21. The Labute approximate surface area is 115 Å². The number of pyridine rings is 1. The third kappa shape index (κ3) is 6.28. The highest BCUT2D eigenvalue weighted by molar-refractivity contribution is 6.31. The monoisotopic (exact) mass is 273 g/mol. The predicted octanol–water partition coefficient (Wildman–Crippen LogP) is 5.25. The van der Waals surface area contributed by atoms with E-state index in [9.17, 15) is 0 Å². The Kier molecular flexibility index (Phi) is 7.63. The van der Waals surface area contributed by atoms with Crippen LogP contribution >= 0.6 is 23.2 Å². The first-order chi connectivity index (χ1) is 8.24. The normalized spacial score (nSPS) is 12.6. The highest BCUT2D eigenvalue weighted by atomic mass is 35.5. The second-order valence-electron chi connectivity index (χ2n) is 4.47. The summed E-state index contributed by atoms with van der Waals surface area (Å²) in [6.45, 7) is 2.23. The second kappa shape index (κ2) is 8.77. The third-order valence-corrected chi connectivity index (χ3v) is 3.63. The van der Waals surface area contributed by atoms with Crippen LogP contribution in [-0.4, -0.2) is 10.4 Å². The summed E-state index contributed by atoms with van der Waals surface area (Å²) in [6.07, 6.45) is 11.8. The van der Waals surface area contributed by atoms with Gasteiger partial charge >= 0.3 is 0 Å². The van der Waals surface area contributed by atoms with Crippen molar-refractivity contribution in [2.24, 2.45) is 0 Å². The van der Waals surface area contributed by atoms with Crippen molar-refractivity contribution in [2.75, 3.05) is 0 Å². The summed E-state index contributed by atoms with van der Waals surface area (Å²) in [6, 6.07) is 1.95. The minimum Gasteiger partial charge on any atom is -0.263 e. The molecule has 0 spiro atoms. The fourth-order valence-corrected chi connectivity index (χ4v) is 2.40. The van der Waals surface area contributed by atoms with E-state index in [0.29, 0.717) is 0 Å². The van der Waals surface area contributed by atoms with Gasteiger partial charge in [-0.05, 0) is 24.5 Å². The SMILES string of the molecule is CCCCCCCC(Cl)Cc1ccncc1Cl. The molecule has 0 N–H and O–H groups in total. The minimum absolute atomic E-state index is 0.191. The van der Waals surface area contributed by atoms with Crippen LogP contribution in [0.1, 0.15) is 51.0 Å². The first-order valence-corrected chi connectivity index (χ1v) is 7.28. The summed E-state index contributed by atoms with van der Waals surface area (Å²) in [5.41, 5.74) is 1.11. The van der Waals surface area contributed by atoms with Gasteiger partial charge in [-0.15, -0.1) is 11.6 Å². The Morgan fingerprint density at radius 3 is 2.71 bits per heavy atom. The van der Waals surface area contributed by atoms with E-state index in [2.05, 4.69) is 11.9 Å². The van der Waals surface area contributed by atoms with Gasteiger partial charge in [0, 0.05) is 17.8 Å². The molecule has 0 radical (unpaired) electrons. The number of aromatic nitrogens is 1. The van der Waals surface area contributed by atoms with E-state index in [-0.39, 0.29) is 5.38 Å². The molecule has 0 aromatic carbocycles. The van der Waals surface area contributed by atoms with Gasteiger partial charge in [0.2, 0.25) is 0 Å². The molecule has 1 atom stereocenters. The van der Waals surface area contributed by atoms with Crippen LogP contribution in [0.5, 0.6) is 0 Å². The molecule has 96 valence electrons. The van der Waals surface area contributed by atoms with Crippen molar-refractivity contribution in [1.29, 1.82) is 0 Å². The summed E-state index contributed by atoms with van der Waals surface area (Å²) in [5.74, 6) is 0. The minimum atomic E-state index is 0.191. The second-order valence-corrected chi connectivity index (χ2v) is 5.50. The van der Waals surface area contributed by atoms with Crippen molar-refractivity contribution in [3.63, 3.8) is 0 Å². The standard InChI is InChI=1S/C14H21Cl2N/c1-2-3-4-5-6-7-13(15)10-12-8-9-17-11-14(12)16/h8-9,11,13H,2-7,10H2,1H3. The number of hydrogen-bond donors (Lipinski definition) is 0. The van der Waals surface area contributed by atoms with Crippen molar-refractivity contribution in [1.82, 2.24) is 4.98 Å². The molecule has 17 heavy (non-hydrogen) atoms. The molecule has 1 aromatic heterocycles. The van der Waals surface area contributed by atoms with Gasteiger partial charge in [-0.25, -0.2) is 0 Å². The van der Waals surface area contributed by atoms with Gasteiger partial charge in [0.15, 0.2) is 0 Å². The largest absolute Gasteiger partial charge is 0.263 e. The van der Waals surface area contributed by atoms with Crippen LogP contribution in [0.15, 0.2) is 18.5 Å². The van der Waals surface area contributed by atoms with Gasteiger partial charge in [0.1, 0.15) is 0 Å². The lowest BCUT2D eigenvalue weighted by Gasteiger charge is -2.10. The number of rotatable bonds is 8. The molecule has 1 aromatic rings. The number of alkyl halides is 1. The average Bonchev–Trinajstić information content (AvgIpc) is 2.32. The first kappa shape index (κ1) is 14.8. The van der Waals surface area contributed by atoms with Crippen molar-refractivity contribution >= 4 is 23.2 Å². The topological polar surface area (TPSA) is 12.9 Å². The molecule has 0 bridgehead atoms. The van der Waals surface area contributed by atoms with Crippen molar-refractivity contribution < 1.29 is 0 Å². The fraction of sp³-hybridized carbons (Fsp3) is 0.643. The number of nitrogens with zero attached hydrogens (tertiary/aromatic N) is 1. The molecule has 0 saturated carbocycles. The molecule has 0 aliphatic heterocycles. The summed E-state index contributed by atoms with van der Waals surface area (Å²) in [7, 11) is 0. The van der Waals surface area contributed by atoms with E-state index < -0.39 is 0 Å². The van der Waals surface area contributed by atoms with E-state index in [0.717, 1.165) is 23.4 Å². The maximum Gasteiger partial charge on any atom is 0.0621 e. The lowest BCUT2D eigenvalue weighted by atomic mass is 10.0. The fourth-order valence-electron chi connectivity index (χ4n) is 1.88. The zero-order chi connectivity index (χ0) is 12.5. The summed E-state index contributed by atoms with van der Waals surface area (Å²) in [5, 5.41) is 0.917. The Hall–Kier alpha value is -0.270. The first-order valence-electron chi connectivity index (χ1n) is 6.46. The molecule has 0 fully saturated rings.